The van der Waals surface area contributed by atoms with E-state index < -0.39 is 10.0 Å². The molecule has 0 spiro atoms. The smallest absolute Gasteiger partial charge is 0.210 e. The van der Waals surface area contributed by atoms with Crippen LogP contribution in [-0.4, -0.2) is 25.2 Å². The summed E-state index contributed by atoms with van der Waals surface area (Å²) >= 11 is 0. The molecule has 0 aromatic carbocycles. The van der Waals surface area contributed by atoms with Crippen molar-refractivity contribution in [3.8, 4) is 0 Å². The van der Waals surface area contributed by atoms with Crippen molar-refractivity contribution in [2.75, 3.05) is 12.3 Å². The van der Waals surface area contributed by atoms with Crippen LogP contribution in [0.1, 0.15) is 12.8 Å². The third-order valence-corrected chi connectivity index (χ3v) is 2.88. The Labute approximate surface area is 53.4 Å². The molecule has 0 N–H and O–H groups in total. The van der Waals surface area contributed by atoms with Gasteiger partial charge in [-0.25, -0.2) is 8.42 Å². The van der Waals surface area contributed by atoms with Crippen molar-refractivity contribution in [1.82, 2.24) is 4.53 Å². The van der Waals surface area contributed by atoms with Crippen LogP contribution in [0, 0.1) is 0 Å². The molecule has 0 unspecified atom stereocenters. The second kappa shape index (κ2) is 2.22. The van der Waals surface area contributed by atoms with Crippen LogP contribution in [-0.2, 0) is 10.0 Å². The summed E-state index contributed by atoms with van der Waals surface area (Å²) in [5.74, 6) is -0.0382. The van der Waals surface area contributed by atoms with Crippen LogP contribution in [0.5, 0.6) is 0 Å². The van der Waals surface area contributed by atoms with E-state index in [1.165, 1.54) is 0 Å². The van der Waals surface area contributed by atoms with E-state index in [2.05, 4.69) is 0 Å². The standard InChI is InChI=1S/C4H8FNO2S/c5-6-3-1-2-4-9(6,7)8/h1-4H2. The second-order valence-electron chi connectivity index (χ2n) is 2.03. The SMILES string of the molecule is O=S1(=O)CCCCN1F. The minimum atomic E-state index is -3.49. The Morgan fingerprint density at radius 3 is 2.33 bits per heavy atom. The Hall–Kier alpha value is -0.160. The lowest BCUT2D eigenvalue weighted by Crippen LogP contribution is -2.31. The zero-order valence-corrected chi connectivity index (χ0v) is 5.69. The van der Waals surface area contributed by atoms with Crippen LogP contribution in [0.25, 0.3) is 0 Å². The van der Waals surface area contributed by atoms with E-state index >= 15 is 0 Å². The molecule has 0 radical (unpaired) electrons. The molecule has 0 aromatic rings. The van der Waals surface area contributed by atoms with E-state index in [1.54, 1.807) is 0 Å². The molecule has 0 bridgehead atoms. The van der Waals surface area contributed by atoms with Crippen molar-refractivity contribution in [2.24, 2.45) is 0 Å². The first-order valence-corrected chi connectivity index (χ1v) is 4.40. The maximum Gasteiger partial charge on any atom is 0.240 e. The molecule has 1 heterocycles. The van der Waals surface area contributed by atoms with Gasteiger partial charge in [0.05, 0.1) is 5.75 Å². The van der Waals surface area contributed by atoms with Crippen LogP contribution < -0.4 is 0 Å². The molecule has 0 aromatic heterocycles. The second-order valence-corrected chi connectivity index (χ2v) is 4.00. The van der Waals surface area contributed by atoms with Crippen molar-refractivity contribution in [3.63, 3.8) is 0 Å². The highest BCUT2D eigenvalue weighted by atomic mass is 32.2. The van der Waals surface area contributed by atoms with Crippen LogP contribution in [0.3, 0.4) is 0 Å². The quantitative estimate of drug-likeness (QED) is 0.469. The van der Waals surface area contributed by atoms with Crippen LogP contribution >= 0.6 is 0 Å². The van der Waals surface area contributed by atoms with Crippen LogP contribution in [0.2, 0.25) is 0 Å². The molecule has 1 saturated heterocycles. The van der Waals surface area contributed by atoms with Gasteiger partial charge in [0.1, 0.15) is 0 Å². The molecule has 9 heavy (non-hydrogen) atoms. The van der Waals surface area contributed by atoms with Crippen LogP contribution in [0.15, 0.2) is 0 Å². The molecule has 5 heteroatoms. The molecule has 0 atom stereocenters. The fraction of sp³-hybridized carbons (Fsp3) is 1.00. The zero-order chi connectivity index (χ0) is 6.91. The van der Waals surface area contributed by atoms with Crippen LogP contribution in [0.4, 0.5) is 4.48 Å². The van der Waals surface area contributed by atoms with E-state index in [0.29, 0.717) is 12.8 Å². The predicted molar refractivity (Wildman–Crippen MR) is 30.8 cm³/mol. The van der Waals surface area contributed by atoms with Crippen molar-refractivity contribution in [1.29, 1.82) is 0 Å². The largest absolute Gasteiger partial charge is 0.240 e. The van der Waals surface area contributed by atoms with Crippen molar-refractivity contribution in [2.45, 2.75) is 12.8 Å². The highest BCUT2D eigenvalue weighted by Gasteiger charge is 2.24. The van der Waals surface area contributed by atoms with Gasteiger partial charge in [-0.2, -0.15) is 0 Å². The first-order valence-electron chi connectivity index (χ1n) is 2.79. The number of nitrogens with zero attached hydrogens (tertiary/aromatic N) is 1. The van der Waals surface area contributed by atoms with Gasteiger partial charge in [-0.15, -0.1) is 4.48 Å². The lowest BCUT2D eigenvalue weighted by molar-refractivity contribution is 0.129. The monoisotopic (exact) mass is 153 g/mol. The van der Waals surface area contributed by atoms with E-state index in [-0.39, 0.29) is 16.8 Å². The highest BCUT2D eigenvalue weighted by molar-refractivity contribution is 7.88. The summed E-state index contributed by atoms with van der Waals surface area (Å²) in [4.78, 5) is 0. The Balaban J connectivity index is 2.72. The van der Waals surface area contributed by atoms with Gasteiger partial charge in [0.15, 0.2) is 0 Å². The normalized spacial score (nSPS) is 28.1. The van der Waals surface area contributed by atoms with Gasteiger partial charge in [-0.3, -0.25) is 0 Å². The summed E-state index contributed by atoms with van der Waals surface area (Å²) in [5, 5.41) is 0. The highest BCUT2D eigenvalue weighted by Crippen LogP contribution is 2.12. The van der Waals surface area contributed by atoms with E-state index in [9.17, 15) is 12.9 Å². The summed E-state index contributed by atoms with van der Waals surface area (Å²) in [5.41, 5.74) is 0. The third-order valence-electron chi connectivity index (χ3n) is 1.29. The van der Waals surface area contributed by atoms with Gasteiger partial charge >= 0.3 is 0 Å². The van der Waals surface area contributed by atoms with Crippen molar-refractivity contribution in [3.05, 3.63) is 0 Å². The van der Waals surface area contributed by atoms with Crippen molar-refractivity contribution < 1.29 is 12.9 Å². The molecule has 1 aliphatic rings. The van der Waals surface area contributed by atoms with E-state index in [1.807, 2.05) is 0 Å². The predicted octanol–water partition coefficient (Wildman–Crippen LogP) is 0.297. The lowest BCUT2D eigenvalue weighted by atomic mass is 10.3. The summed E-state index contributed by atoms with van der Waals surface area (Å²) in [7, 11) is -3.49. The number of hydrogen-bond donors (Lipinski definition) is 0. The molecule has 1 fully saturated rings. The fourth-order valence-corrected chi connectivity index (χ4v) is 1.93. The number of halogens is 1. The molecular weight excluding hydrogens is 145 g/mol. The molecule has 0 amide bonds. The summed E-state index contributed by atoms with van der Waals surface area (Å²) in [6.07, 6.45) is 1.22. The fourth-order valence-electron chi connectivity index (χ4n) is 0.759. The van der Waals surface area contributed by atoms with E-state index in [0.717, 1.165) is 0 Å². The number of rotatable bonds is 0. The number of hydrogen-bond acceptors (Lipinski definition) is 2. The first kappa shape index (κ1) is 6.95. The first-order chi connectivity index (χ1) is 4.13. The van der Waals surface area contributed by atoms with E-state index in [4.69, 9.17) is 0 Å². The summed E-state index contributed by atoms with van der Waals surface area (Å²) < 4.78 is 33.2. The Kier molecular flexibility index (Phi) is 1.72. The minimum Gasteiger partial charge on any atom is -0.210 e. The Morgan fingerprint density at radius 2 is 2.00 bits per heavy atom. The molecule has 1 aliphatic heterocycles. The molecule has 54 valence electrons. The lowest BCUT2D eigenvalue weighted by Gasteiger charge is -2.16. The summed E-state index contributed by atoms with van der Waals surface area (Å²) in [6, 6.07) is 0. The Bertz CT molecular complexity index is 189. The van der Waals surface area contributed by atoms with Gasteiger partial charge < -0.3 is 0 Å². The van der Waals surface area contributed by atoms with Crippen molar-refractivity contribution >= 4 is 10.0 Å². The maximum absolute atomic E-state index is 12.2. The Morgan fingerprint density at radius 1 is 1.33 bits per heavy atom. The van der Waals surface area contributed by atoms with Gasteiger partial charge in [-0.1, -0.05) is 0 Å². The molecule has 0 saturated carbocycles. The van der Waals surface area contributed by atoms with Gasteiger partial charge in [-0.05, 0) is 17.4 Å². The van der Waals surface area contributed by atoms with Gasteiger partial charge in [0.2, 0.25) is 10.0 Å². The third kappa shape index (κ3) is 1.40. The molecule has 1 rings (SSSR count). The zero-order valence-electron chi connectivity index (χ0n) is 4.88. The molecular formula is C4H8FNO2S. The number of sulfonamides is 1. The van der Waals surface area contributed by atoms with Gasteiger partial charge in [0.25, 0.3) is 0 Å². The maximum atomic E-state index is 12.2. The molecule has 3 nitrogen and oxygen atoms in total. The topological polar surface area (TPSA) is 37.4 Å². The average molecular weight is 153 g/mol. The summed E-state index contributed by atoms with van der Waals surface area (Å²) in [6.45, 7) is 0.0301. The minimum absolute atomic E-state index is 0.0301. The van der Waals surface area contributed by atoms with Gasteiger partial charge in [0, 0.05) is 6.54 Å². The average Bonchev–Trinajstić information content (AvgIpc) is 1.77. The molecule has 0 aliphatic carbocycles.